The van der Waals surface area contributed by atoms with E-state index in [2.05, 4.69) is 4.90 Å². The molecular weight excluding hydrogens is 358 g/mol. The molecule has 0 radical (unpaired) electrons. The van der Waals surface area contributed by atoms with Gasteiger partial charge >= 0.3 is 0 Å². The largest absolute Gasteiger partial charge is 0.294 e. The Bertz CT molecular complexity index is 830. The van der Waals surface area contributed by atoms with E-state index >= 15 is 0 Å². The maximum Gasteiger partial charge on any atom is 0.257 e. The highest BCUT2D eigenvalue weighted by Crippen LogP contribution is 2.36. The Morgan fingerprint density at radius 2 is 1.70 bits per heavy atom. The second-order valence-electron chi connectivity index (χ2n) is 7.23. The van der Waals surface area contributed by atoms with E-state index in [0.29, 0.717) is 18.0 Å². The molecule has 2 aromatic carbocycles. The number of piperidine rings is 1. The van der Waals surface area contributed by atoms with Crippen molar-refractivity contribution in [3.8, 4) is 0 Å². The van der Waals surface area contributed by atoms with E-state index in [9.17, 15) is 4.79 Å². The molecule has 4 nitrogen and oxygen atoms in total. The first kappa shape index (κ1) is 18.2. The fraction of sp³-hybridized carbons (Fsp3) is 0.364. The van der Waals surface area contributed by atoms with Crippen LogP contribution in [0.2, 0.25) is 5.02 Å². The van der Waals surface area contributed by atoms with Gasteiger partial charge in [-0.15, -0.1) is 0 Å². The van der Waals surface area contributed by atoms with E-state index in [-0.39, 0.29) is 11.9 Å². The molecule has 5 heteroatoms. The number of halogens is 1. The van der Waals surface area contributed by atoms with Gasteiger partial charge in [-0.1, -0.05) is 66.6 Å². The summed E-state index contributed by atoms with van der Waals surface area (Å²) in [6, 6.07) is 17.7. The molecule has 0 aliphatic carbocycles. The van der Waals surface area contributed by atoms with Gasteiger partial charge in [-0.25, -0.2) is 5.01 Å². The molecule has 1 amide bonds. The van der Waals surface area contributed by atoms with Gasteiger partial charge in [-0.2, -0.15) is 5.10 Å². The smallest absolute Gasteiger partial charge is 0.257 e. The van der Waals surface area contributed by atoms with Gasteiger partial charge in [-0.3, -0.25) is 9.69 Å². The number of carbonyl (C=O) groups is 1. The van der Waals surface area contributed by atoms with E-state index in [1.807, 2.05) is 54.6 Å². The summed E-state index contributed by atoms with van der Waals surface area (Å²) in [5.41, 5.74) is 2.95. The molecule has 2 heterocycles. The summed E-state index contributed by atoms with van der Waals surface area (Å²) in [7, 11) is 0. The lowest BCUT2D eigenvalue weighted by atomic mass is 9.98. The third-order valence-corrected chi connectivity index (χ3v) is 5.69. The lowest BCUT2D eigenvalue weighted by Crippen LogP contribution is -2.40. The zero-order valence-electron chi connectivity index (χ0n) is 15.4. The van der Waals surface area contributed by atoms with Crippen molar-refractivity contribution >= 4 is 23.2 Å². The number of hydrogen-bond donors (Lipinski definition) is 0. The van der Waals surface area contributed by atoms with Crippen molar-refractivity contribution in [2.24, 2.45) is 5.10 Å². The van der Waals surface area contributed by atoms with E-state index < -0.39 is 0 Å². The molecule has 0 unspecified atom stereocenters. The Morgan fingerprint density at radius 3 is 2.44 bits per heavy atom. The lowest BCUT2D eigenvalue weighted by Gasteiger charge is -2.29. The summed E-state index contributed by atoms with van der Waals surface area (Å²) < 4.78 is 0. The zero-order chi connectivity index (χ0) is 18.6. The maximum absolute atomic E-state index is 13.1. The summed E-state index contributed by atoms with van der Waals surface area (Å²) in [6.45, 7) is 2.41. The molecule has 1 fully saturated rings. The van der Waals surface area contributed by atoms with Crippen LogP contribution < -0.4 is 0 Å². The molecule has 27 heavy (non-hydrogen) atoms. The summed E-state index contributed by atoms with van der Waals surface area (Å²) in [6.07, 6.45) is 4.27. The van der Waals surface area contributed by atoms with Gasteiger partial charge in [0, 0.05) is 11.4 Å². The Hall–Kier alpha value is -2.17. The Labute approximate surface area is 165 Å². The highest BCUT2D eigenvalue weighted by atomic mass is 35.5. The first-order valence-corrected chi connectivity index (χ1v) is 10.0. The topological polar surface area (TPSA) is 35.9 Å². The zero-order valence-corrected chi connectivity index (χ0v) is 16.1. The first-order valence-electron chi connectivity index (χ1n) is 9.64. The second-order valence-corrected chi connectivity index (χ2v) is 7.64. The highest BCUT2D eigenvalue weighted by Gasteiger charge is 2.34. The van der Waals surface area contributed by atoms with Gasteiger partial charge in [-0.05, 0) is 43.1 Å². The van der Waals surface area contributed by atoms with Crippen LogP contribution >= 0.6 is 11.6 Å². The van der Waals surface area contributed by atoms with E-state index in [0.717, 1.165) is 29.9 Å². The molecule has 0 spiro atoms. The minimum Gasteiger partial charge on any atom is -0.294 e. The highest BCUT2D eigenvalue weighted by molar-refractivity contribution is 6.31. The second kappa shape index (κ2) is 8.24. The number of rotatable bonds is 4. The summed E-state index contributed by atoms with van der Waals surface area (Å²) in [4.78, 5) is 15.4. The summed E-state index contributed by atoms with van der Waals surface area (Å²) in [5.74, 6) is 0.0488. The molecule has 4 rings (SSSR count). The number of amides is 1. The van der Waals surface area contributed by atoms with Crippen LogP contribution in [0.25, 0.3) is 0 Å². The minimum atomic E-state index is -0.147. The van der Waals surface area contributed by atoms with Gasteiger partial charge in [0.05, 0.1) is 18.3 Å². The molecule has 0 N–H and O–H groups in total. The number of nitrogens with zero attached hydrogens (tertiary/aromatic N) is 3. The van der Waals surface area contributed by atoms with Crippen LogP contribution in [0.5, 0.6) is 0 Å². The molecule has 2 aliphatic rings. The fourth-order valence-corrected chi connectivity index (χ4v) is 4.18. The maximum atomic E-state index is 13.1. The van der Waals surface area contributed by atoms with Crippen LogP contribution in [-0.2, 0) is 4.79 Å². The number of hydrazone groups is 1. The van der Waals surface area contributed by atoms with Crippen molar-refractivity contribution in [3.63, 3.8) is 0 Å². The predicted octanol–water partition coefficient (Wildman–Crippen LogP) is 4.50. The van der Waals surface area contributed by atoms with Crippen LogP contribution in [-0.4, -0.2) is 41.2 Å². The average molecular weight is 382 g/mol. The average Bonchev–Trinajstić information content (AvgIpc) is 3.15. The third kappa shape index (κ3) is 4.07. The van der Waals surface area contributed by atoms with Crippen molar-refractivity contribution in [2.75, 3.05) is 19.6 Å². The number of benzene rings is 2. The molecule has 2 aliphatic heterocycles. The Kier molecular flexibility index (Phi) is 5.55. The molecule has 2 aromatic rings. The standard InChI is InChI=1S/C22H24ClN3O/c23-19-12-6-5-11-18(19)21-15-20(17-9-3-1-4-10-17)24-26(21)22(27)16-25-13-7-2-8-14-25/h1,3-6,9-12,21H,2,7-8,13-16H2/t21-/m0/s1. The monoisotopic (exact) mass is 381 g/mol. The van der Waals surface area contributed by atoms with Gasteiger partial charge in [0.15, 0.2) is 0 Å². The van der Waals surface area contributed by atoms with Gasteiger partial charge in [0.2, 0.25) is 0 Å². The summed E-state index contributed by atoms with van der Waals surface area (Å²) >= 11 is 6.46. The van der Waals surface area contributed by atoms with Crippen LogP contribution in [0.15, 0.2) is 59.7 Å². The van der Waals surface area contributed by atoms with Crippen molar-refractivity contribution in [1.29, 1.82) is 0 Å². The molecule has 0 bridgehead atoms. The van der Waals surface area contributed by atoms with Crippen molar-refractivity contribution in [3.05, 3.63) is 70.7 Å². The van der Waals surface area contributed by atoms with E-state index in [1.54, 1.807) is 5.01 Å². The summed E-state index contributed by atoms with van der Waals surface area (Å²) in [5, 5.41) is 7.09. The molecule has 140 valence electrons. The minimum absolute atomic E-state index is 0.0488. The Morgan fingerprint density at radius 1 is 1.00 bits per heavy atom. The quantitative estimate of drug-likeness (QED) is 0.781. The van der Waals surface area contributed by atoms with Gasteiger partial charge in [0.1, 0.15) is 0 Å². The van der Waals surface area contributed by atoms with E-state index in [1.165, 1.54) is 19.3 Å². The molecule has 1 atom stereocenters. The van der Waals surface area contributed by atoms with Crippen LogP contribution in [0, 0.1) is 0 Å². The fourth-order valence-electron chi connectivity index (χ4n) is 3.91. The number of hydrogen-bond acceptors (Lipinski definition) is 3. The van der Waals surface area contributed by atoms with E-state index in [4.69, 9.17) is 16.7 Å². The van der Waals surface area contributed by atoms with Crippen LogP contribution in [0.4, 0.5) is 0 Å². The molecule has 0 aromatic heterocycles. The Balaban J connectivity index is 1.61. The van der Waals surface area contributed by atoms with Gasteiger partial charge < -0.3 is 0 Å². The van der Waals surface area contributed by atoms with Crippen LogP contribution in [0.1, 0.15) is 42.9 Å². The van der Waals surface area contributed by atoms with Crippen LogP contribution in [0.3, 0.4) is 0 Å². The first-order chi connectivity index (χ1) is 13.2. The van der Waals surface area contributed by atoms with Crippen molar-refractivity contribution in [2.45, 2.75) is 31.7 Å². The third-order valence-electron chi connectivity index (χ3n) is 5.34. The molecule has 1 saturated heterocycles. The van der Waals surface area contributed by atoms with Crippen molar-refractivity contribution < 1.29 is 4.79 Å². The SMILES string of the molecule is O=C(CN1CCCCC1)N1N=C(c2ccccc2)C[C@H]1c1ccccc1Cl. The normalized spacial score (nSPS) is 20.6. The molecule has 0 saturated carbocycles. The molecular formula is C22H24ClN3O. The number of likely N-dealkylation sites (tertiary alicyclic amines) is 1. The van der Waals surface area contributed by atoms with Crippen molar-refractivity contribution in [1.82, 2.24) is 9.91 Å². The predicted molar refractivity (Wildman–Crippen MR) is 109 cm³/mol. The number of carbonyl (C=O) groups excluding carboxylic acids is 1. The van der Waals surface area contributed by atoms with Gasteiger partial charge in [0.25, 0.3) is 5.91 Å². The lowest BCUT2D eigenvalue weighted by molar-refractivity contribution is -0.134.